The van der Waals surface area contributed by atoms with Crippen LogP contribution in [0.15, 0.2) is 42.5 Å². The van der Waals surface area contributed by atoms with E-state index in [9.17, 15) is 9.59 Å². The van der Waals surface area contributed by atoms with Crippen molar-refractivity contribution in [1.82, 2.24) is 0 Å². The fourth-order valence-corrected chi connectivity index (χ4v) is 5.57. The number of hydrogen-bond acceptors (Lipinski definition) is 3. The Morgan fingerprint density at radius 3 is 2.68 bits per heavy atom. The highest BCUT2D eigenvalue weighted by atomic mass is 16.5. The van der Waals surface area contributed by atoms with E-state index in [2.05, 4.69) is 19.9 Å². The molecule has 3 aliphatic rings. The summed E-state index contributed by atoms with van der Waals surface area (Å²) in [6, 6.07) is 9.26. The van der Waals surface area contributed by atoms with Gasteiger partial charge in [-0.3, -0.25) is 4.79 Å². The Morgan fingerprint density at radius 2 is 1.92 bits per heavy atom. The molecular weight excluding hydrogens is 312 g/mol. The van der Waals surface area contributed by atoms with Gasteiger partial charge in [-0.25, -0.2) is 4.79 Å². The first-order valence-corrected chi connectivity index (χ1v) is 9.49. The molecule has 0 N–H and O–H groups in total. The van der Waals surface area contributed by atoms with Crippen molar-refractivity contribution in [3.05, 3.63) is 48.0 Å². The van der Waals surface area contributed by atoms with Gasteiger partial charge in [-0.1, -0.05) is 38.1 Å². The van der Waals surface area contributed by atoms with Gasteiger partial charge in [0.25, 0.3) is 0 Å². The smallest absolute Gasteiger partial charge is 0.338 e. The van der Waals surface area contributed by atoms with Crippen molar-refractivity contribution in [1.29, 1.82) is 0 Å². The average molecular weight is 338 g/mol. The number of hydrogen-bond donors (Lipinski definition) is 0. The summed E-state index contributed by atoms with van der Waals surface area (Å²) < 4.78 is 5.97. The van der Waals surface area contributed by atoms with E-state index in [0.717, 1.165) is 25.7 Å². The zero-order chi connectivity index (χ0) is 17.6. The van der Waals surface area contributed by atoms with Gasteiger partial charge in [-0.15, -0.1) is 0 Å². The van der Waals surface area contributed by atoms with Gasteiger partial charge in [0.1, 0.15) is 6.10 Å². The maximum Gasteiger partial charge on any atom is 0.338 e. The molecule has 0 unspecified atom stereocenters. The van der Waals surface area contributed by atoms with Crippen molar-refractivity contribution >= 4 is 11.8 Å². The lowest BCUT2D eigenvalue weighted by molar-refractivity contribution is -0.123. The van der Waals surface area contributed by atoms with Crippen LogP contribution in [-0.2, 0) is 9.53 Å². The molecule has 2 fully saturated rings. The van der Waals surface area contributed by atoms with Crippen molar-refractivity contribution in [3.63, 3.8) is 0 Å². The summed E-state index contributed by atoms with van der Waals surface area (Å²) in [6.45, 7) is 4.37. The van der Waals surface area contributed by atoms with Gasteiger partial charge in [-0.05, 0) is 61.6 Å². The third-order valence-electron chi connectivity index (χ3n) is 7.13. The summed E-state index contributed by atoms with van der Waals surface area (Å²) in [7, 11) is 0. The molecule has 0 amide bonds. The van der Waals surface area contributed by atoms with Crippen LogP contribution in [0.3, 0.4) is 0 Å². The lowest BCUT2D eigenvalue weighted by atomic mass is 9.56. The summed E-state index contributed by atoms with van der Waals surface area (Å²) in [4.78, 5) is 24.5. The van der Waals surface area contributed by atoms with Crippen molar-refractivity contribution in [3.8, 4) is 0 Å². The van der Waals surface area contributed by atoms with Crippen LogP contribution in [0.25, 0.3) is 0 Å². The predicted octanol–water partition coefficient (Wildman–Crippen LogP) is 4.43. The highest BCUT2D eigenvalue weighted by Gasteiger charge is 2.56. The van der Waals surface area contributed by atoms with Crippen LogP contribution >= 0.6 is 0 Å². The SMILES string of the molecule is C[C@@H]1C(=O)C=C[C@@H]2[C@@H]1CC[C@]1(C)[C@H](OC(=O)c3ccccc3)CC[C@@H]21. The van der Waals surface area contributed by atoms with Crippen molar-refractivity contribution < 1.29 is 14.3 Å². The van der Waals surface area contributed by atoms with E-state index in [0.29, 0.717) is 23.3 Å². The third-order valence-corrected chi connectivity index (χ3v) is 7.13. The molecule has 0 aliphatic heterocycles. The van der Waals surface area contributed by atoms with E-state index in [-0.39, 0.29) is 29.2 Å². The summed E-state index contributed by atoms with van der Waals surface area (Å²) in [5, 5.41) is 0. The number of fused-ring (bicyclic) bond motifs is 3. The number of ketones is 1. The minimum absolute atomic E-state index is 0.0208. The molecule has 3 heteroatoms. The largest absolute Gasteiger partial charge is 0.458 e. The molecule has 6 atom stereocenters. The van der Waals surface area contributed by atoms with Crippen LogP contribution in [0, 0.1) is 29.1 Å². The molecule has 3 aliphatic carbocycles. The molecule has 0 saturated heterocycles. The van der Waals surface area contributed by atoms with Gasteiger partial charge in [0.15, 0.2) is 5.78 Å². The average Bonchev–Trinajstić information content (AvgIpc) is 2.95. The predicted molar refractivity (Wildman–Crippen MR) is 96.0 cm³/mol. The second-order valence-corrected chi connectivity index (χ2v) is 8.28. The van der Waals surface area contributed by atoms with Crippen LogP contribution in [0.5, 0.6) is 0 Å². The maximum atomic E-state index is 12.5. The molecule has 0 aromatic heterocycles. The van der Waals surface area contributed by atoms with Crippen molar-refractivity contribution in [2.45, 2.75) is 45.6 Å². The zero-order valence-corrected chi connectivity index (χ0v) is 15.0. The fraction of sp³-hybridized carbons (Fsp3) is 0.545. The minimum Gasteiger partial charge on any atom is -0.458 e. The van der Waals surface area contributed by atoms with E-state index in [1.807, 2.05) is 30.3 Å². The van der Waals surface area contributed by atoms with E-state index in [1.54, 1.807) is 6.08 Å². The molecular formula is C22H26O3. The van der Waals surface area contributed by atoms with E-state index < -0.39 is 0 Å². The molecule has 132 valence electrons. The lowest BCUT2D eigenvalue weighted by Crippen LogP contribution is -2.47. The number of esters is 1. The highest BCUT2D eigenvalue weighted by molar-refractivity contribution is 5.92. The van der Waals surface area contributed by atoms with Crippen LogP contribution in [0.4, 0.5) is 0 Å². The van der Waals surface area contributed by atoms with Crippen LogP contribution in [-0.4, -0.2) is 17.9 Å². The van der Waals surface area contributed by atoms with Gasteiger partial charge in [0.05, 0.1) is 5.56 Å². The monoisotopic (exact) mass is 338 g/mol. The zero-order valence-electron chi connectivity index (χ0n) is 15.0. The molecule has 1 aromatic carbocycles. The Morgan fingerprint density at radius 1 is 1.16 bits per heavy atom. The number of allylic oxidation sites excluding steroid dienone is 2. The molecule has 4 rings (SSSR count). The highest BCUT2D eigenvalue weighted by Crippen LogP contribution is 2.59. The normalized spacial score (nSPS) is 39.6. The van der Waals surface area contributed by atoms with E-state index >= 15 is 0 Å². The summed E-state index contributed by atoms with van der Waals surface area (Å²) in [5.74, 6) is 1.61. The van der Waals surface area contributed by atoms with Gasteiger partial charge in [0.2, 0.25) is 0 Å². The fourth-order valence-electron chi connectivity index (χ4n) is 5.57. The van der Waals surface area contributed by atoms with Gasteiger partial charge < -0.3 is 4.74 Å². The Hall–Kier alpha value is -1.90. The number of benzene rings is 1. The number of carbonyl (C=O) groups is 2. The molecule has 1 aromatic rings. The second kappa shape index (κ2) is 6.12. The molecule has 0 heterocycles. The first-order chi connectivity index (χ1) is 12.0. The Labute approximate surface area is 149 Å². The first-order valence-electron chi connectivity index (χ1n) is 9.49. The lowest BCUT2D eigenvalue weighted by Gasteiger charge is -2.49. The van der Waals surface area contributed by atoms with Gasteiger partial charge >= 0.3 is 5.97 Å². The summed E-state index contributed by atoms with van der Waals surface area (Å²) in [6.07, 6.45) is 8.02. The van der Waals surface area contributed by atoms with Crippen molar-refractivity contribution in [2.75, 3.05) is 0 Å². The number of carbonyl (C=O) groups excluding carboxylic acids is 2. The Balaban J connectivity index is 1.54. The molecule has 2 saturated carbocycles. The quantitative estimate of drug-likeness (QED) is 0.749. The second-order valence-electron chi connectivity index (χ2n) is 8.28. The number of ether oxygens (including phenoxy) is 1. The molecule has 25 heavy (non-hydrogen) atoms. The number of rotatable bonds is 2. The summed E-state index contributed by atoms with van der Waals surface area (Å²) >= 11 is 0. The summed E-state index contributed by atoms with van der Waals surface area (Å²) in [5.41, 5.74) is 0.649. The third kappa shape index (κ3) is 2.65. The Bertz CT molecular complexity index is 707. The first kappa shape index (κ1) is 16.6. The molecule has 0 spiro atoms. The maximum absolute atomic E-state index is 12.5. The van der Waals surface area contributed by atoms with E-state index in [4.69, 9.17) is 4.74 Å². The molecule has 0 bridgehead atoms. The van der Waals surface area contributed by atoms with Gasteiger partial charge in [-0.2, -0.15) is 0 Å². The molecule has 3 nitrogen and oxygen atoms in total. The van der Waals surface area contributed by atoms with Crippen molar-refractivity contribution in [2.24, 2.45) is 29.1 Å². The standard InChI is InChI=1S/C22H26O3/c1-14-16-12-13-22(2)18(17(16)8-10-19(14)23)9-11-20(22)25-21(24)15-6-4-3-5-7-15/h3-8,10,14,16-18,20H,9,11-13H2,1-2H3/t14-,16+,17+,18-,20+,22-/m0/s1. The topological polar surface area (TPSA) is 43.4 Å². The minimum atomic E-state index is -0.211. The van der Waals surface area contributed by atoms with Gasteiger partial charge in [0, 0.05) is 11.3 Å². The van der Waals surface area contributed by atoms with E-state index in [1.165, 1.54) is 0 Å². The molecule has 0 radical (unpaired) electrons. The van der Waals surface area contributed by atoms with Crippen LogP contribution in [0.1, 0.15) is 49.9 Å². The van der Waals surface area contributed by atoms with Crippen LogP contribution < -0.4 is 0 Å². The van der Waals surface area contributed by atoms with Crippen LogP contribution in [0.2, 0.25) is 0 Å². The Kier molecular flexibility index (Phi) is 4.05.